The Morgan fingerprint density at radius 1 is 1.26 bits per heavy atom. The number of aromatic nitrogens is 3. The van der Waals surface area contributed by atoms with E-state index in [0.29, 0.717) is 60.5 Å². The molecule has 0 radical (unpaired) electrons. The van der Waals surface area contributed by atoms with Crippen LogP contribution in [0.25, 0.3) is 16.6 Å². The highest BCUT2D eigenvalue weighted by molar-refractivity contribution is 6.06. The van der Waals surface area contributed by atoms with Gasteiger partial charge in [0.15, 0.2) is 5.65 Å². The zero-order valence-electron chi connectivity index (χ0n) is 22.6. The van der Waals surface area contributed by atoms with Gasteiger partial charge in [0, 0.05) is 31.4 Å². The molecule has 1 atom stereocenters. The zero-order chi connectivity index (χ0) is 28.0. The van der Waals surface area contributed by atoms with Crippen molar-refractivity contribution >= 4 is 34.8 Å². The Bertz CT molecular complexity index is 1310. The Morgan fingerprint density at radius 3 is 2.61 bits per heavy atom. The molecule has 0 saturated carbocycles. The van der Waals surface area contributed by atoms with Crippen molar-refractivity contribution in [3.8, 4) is 0 Å². The number of allylic oxidation sites excluding steroid dienone is 3. The van der Waals surface area contributed by atoms with Crippen molar-refractivity contribution in [1.29, 1.82) is 0 Å². The molecule has 3 heterocycles. The van der Waals surface area contributed by atoms with E-state index in [2.05, 4.69) is 15.7 Å². The van der Waals surface area contributed by atoms with E-state index >= 15 is 0 Å². The second kappa shape index (κ2) is 12.6. The fourth-order valence-electron chi connectivity index (χ4n) is 4.19. The third-order valence-electron chi connectivity index (χ3n) is 6.57. The van der Waals surface area contributed by atoms with Gasteiger partial charge in [0.1, 0.15) is 6.04 Å². The lowest BCUT2D eigenvalue weighted by Crippen LogP contribution is -2.47. The molecule has 0 bridgehead atoms. The molecular weight excluding hydrogens is 486 g/mol. The predicted molar refractivity (Wildman–Crippen MR) is 146 cm³/mol. The lowest BCUT2D eigenvalue weighted by molar-refractivity contribution is -0.133. The monoisotopic (exact) mass is 523 g/mol. The molecule has 0 aliphatic carbocycles. The van der Waals surface area contributed by atoms with E-state index in [9.17, 15) is 19.5 Å². The van der Waals surface area contributed by atoms with Gasteiger partial charge in [0.25, 0.3) is 5.91 Å². The summed E-state index contributed by atoms with van der Waals surface area (Å²) in [6.07, 6.45) is 6.60. The number of pyridine rings is 1. The molecule has 3 amide bonds. The van der Waals surface area contributed by atoms with Gasteiger partial charge in [-0.05, 0) is 64.3 Å². The number of carbonyl (C=O) groups is 3. The molecule has 2 aromatic rings. The lowest BCUT2D eigenvalue weighted by Gasteiger charge is -2.28. The van der Waals surface area contributed by atoms with E-state index in [4.69, 9.17) is 10.7 Å². The number of hydrogen-bond acceptors (Lipinski definition) is 7. The van der Waals surface area contributed by atoms with Crippen molar-refractivity contribution in [3.05, 3.63) is 52.5 Å². The molecule has 2 aromatic heterocycles. The third kappa shape index (κ3) is 6.53. The standard InChI is InChI=1S/C27H37N7O4/c1-16(2)34-25-22(13-31-34)21(26(37)29-12-18(4)17(3)10-19(5)30-15-36)11-24(32-25)20-6-8-33(9-7-20)27(38)23(28)14-35/h6,10-11,13,15-16,23,35H,7-9,12,14,28H2,1-5H3,(H,29,37)(H,30,36)/b18-17+,19-10-. The van der Waals surface area contributed by atoms with Crippen LogP contribution in [0.3, 0.4) is 0 Å². The Morgan fingerprint density at radius 2 is 2.00 bits per heavy atom. The molecule has 1 unspecified atom stereocenters. The summed E-state index contributed by atoms with van der Waals surface area (Å²) in [7, 11) is 0. The van der Waals surface area contributed by atoms with Crippen LogP contribution in [0.1, 0.15) is 63.1 Å². The second-order valence-electron chi connectivity index (χ2n) is 9.76. The van der Waals surface area contributed by atoms with Crippen molar-refractivity contribution < 1.29 is 19.5 Å². The van der Waals surface area contributed by atoms with Gasteiger partial charge < -0.3 is 26.4 Å². The van der Waals surface area contributed by atoms with Gasteiger partial charge >= 0.3 is 0 Å². The van der Waals surface area contributed by atoms with Gasteiger partial charge in [0.2, 0.25) is 12.3 Å². The highest BCUT2D eigenvalue weighted by atomic mass is 16.3. The topological polar surface area (TPSA) is 155 Å². The largest absolute Gasteiger partial charge is 0.394 e. The fraction of sp³-hybridized carbons (Fsp3) is 0.444. The molecule has 11 nitrogen and oxygen atoms in total. The van der Waals surface area contributed by atoms with E-state index in [1.165, 1.54) is 0 Å². The Kier molecular flexibility index (Phi) is 9.54. The quantitative estimate of drug-likeness (QED) is 0.273. The summed E-state index contributed by atoms with van der Waals surface area (Å²) < 4.78 is 1.79. The first-order valence-corrected chi connectivity index (χ1v) is 12.6. The van der Waals surface area contributed by atoms with Gasteiger partial charge in [-0.25, -0.2) is 9.67 Å². The summed E-state index contributed by atoms with van der Waals surface area (Å²) >= 11 is 0. The van der Waals surface area contributed by atoms with Crippen molar-refractivity contribution in [3.63, 3.8) is 0 Å². The minimum Gasteiger partial charge on any atom is -0.394 e. The molecular formula is C27H37N7O4. The molecule has 1 aliphatic heterocycles. The number of amides is 3. The van der Waals surface area contributed by atoms with Crippen molar-refractivity contribution in [2.45, 2.75) is 53.1 Å². The minimum atomic E-state index is -0.933. The maximum atomic E-state index is 13.4. The number of nitrogens with zero attached hydrogens (tertiary/aromatic N) is 4. The first kappa shape index (κ1) is 28.7. The molecule has 1 aliphatic rings. The SMILES string of the molecule is C/C(=C/C(C)=C(\C)CNC(=O)c1cc(C2=CCN(C(=O)C(N)CO)CC2)nc2c1cnn2C(C)C)NC=O. The summed E-state index contributed by atoms with van der Waals surface area (Å²) in [6.45, 7) is 10.4. The highest BCUT2D eigenvalue weighted by Crippen LogP contribution is 2.27. The van der Waals surface area contributed by atoms with Crippen molar-refractivity contribution in [2.24, 2.45) is 5.73 Å². The van der Waals surface area contributed by atoms with Gasteiger partial charge in [-0.2, -0.15) is 5.10 Å². The first-order valence-electron chi connectivity index (χ1n) is 12.6. The van der Waals surface area contributed by atoms with Gasteiger partial charge in [-0.3, -0.25) is 14.4 Å². The van der Waals surface area contributed by atoms with Crippen LogP contribution in [-0.4, -0.2) is 75.3 Å². The normalized spacial score (nSPS) is 15.7. The molecule has 0 aromatic carbocycles. The first-order chi connectivity index (χ1) is 18.1. The zero-order valence-corrected chi connectivity index (χ0v) is 22.6. The highest BCUT2D eigenvalue weighted by Gasteiger charge is 2.25. The Labute approximate surface area is 222 Å². The van der Waals surface area contributed by atoms with Gasteiger partial charge in [-0.1, -0.05) is 11.6 Å². The number of carbonyl (C=O) groups excluding carboxylic acids is 3. The third-order valence-corrected chi connectivity index (χ3v) is 6.57. The molecule has 38 heavy (non-hydrogen) atoms. The number of nitrogens with one attached hydrogen (secondary N) is 2. The van der Waals surface area contributed by atoms with Crippen LogP contribution < -0.4 is 16.4 Å². The average Bonchev–Trinajstić information content (AvgIpc) is 3.34. The van der Waals surface area contributed by atoms with Crippen LogP contribution in [0, 0.1) is 0 Å². The van der Waals surface area contributed by atoms with E-state index in [-0.39, 0.29) is 17.9 Å². The Balaban J connectivity index is 1.91. The van der Waals surface area contributed by atoms with Crippen LogP contribution in [0.4, 0.5) is 0 Å². The maximum absolute atomic E-state index is 13.4. The second-order valence-corrected chi connectivity index (χ2v) is 9.76. The van der Waals surface area contributed by atoms with Crippen LogP contribution in [0.2, 0.25) is 0 Å². The van der Waals surface area contributed by atoms with Crippen LogP contribution in [0.5, 0.6) is 0 Å². The summed E-state index contributed by atoms with van der Waals surface area (Å²) in [5.41, 5.74) is 11.0. The molecule has 3 rings (SSSR count). The lowest BCUT2D eigenvalue weighted by atomic mass is 10.0. The number of hydrogen-bond donors (Lipinski definition) is 4. The summed E-state index contributed by atoms with van der Waals surface area (Å²) in [5.74, 6) is -0.544. The summed E-state index contributed by atoms with van der Waals surface area (Å²) in [4.78, 5) is 42.8. The van der Waals surface area contributed by atoms with Crippen LogP contribution in [-0.2, 0) is 9.59 Å². The number of aliphatic hydroxyl groups is 1. The molecule has 0 saturated heterocycles. The maximum Gasteiger partial charge on any atom is 0.252 e. The molecule has 5 N–H and O–H groups in total. The number of fused-ring (bicyclic) bond motifs is 1. The van der Waals surface area contributed by atoms with E-state index in [1.807, 2.05) is 39.8 Å². The van der Waals surface area contributed by atoms with Gasteiger partial charge in [-0.15, -0.1) is 0 Å². The smallest absolute Gasteiger partial charge is 0.252 e. The van der Waals surface area contributed by atoms with E-state index in [0.717, 1.165) is 16.7 Å². The number of aliphatic hydroxyl groups excluding tert-OH is 1. The van der Waals surface area contributed by atoms with E-state index < -0.39 is 12.6 Å². The van der Waals surface area contributed by atoms with Crippen molar-refractivity contribution in [1.82, 2.24) is 30.3 Å². The van der Waals surface area contributed by atoms with Crippen LogP contribution >= 0.6 is 0 Å². The van der Waals surface area contributed by atoms with Crippen molar-refractivity contribution in [2.75, 3.05) is 26.2 Å². The summed E-state index contributed by atoms with van der Waals surface area (Å²) in [6, 6.07) is 0.885. The van der Waals surface area contributed by atoms with Crippen LogP contribution in [0.15, 0.2) is 41.3 Å². The molecule has 204 valence electrons. The van der Waals surface area contributed by atoms with E-state index in [1.54, 1.807) is 28.8 Å². The average molecular weight is 524 g/mol. The minimum absolute atomic E-state index is 0.0439. The number of nitrogens with two attached hydrogens (primary N) is 1. The molecule has 11 heteroatoms. The number of rotatable bonds is 10. The molecule has 0 fully saturated rings. The Hall–Kier alpha value is -3.83. The van der Waals surface area contributed by atoms with Gasteiger partial charge in [0.05, 0.1) is 29.4 Å². The fourth-order valence-corrected chi connectivity index (χ4v) is 4.19. The predicted octanol–water partition coefficient (Wildman–Crippen LogP) is 1.66. The summed E-state index contributed by atoms with van der Waals surface area (Å²) in [5, 5.41) is 19.9. The molecule has 0 spiro atoms.